The first-order chi connectivity index (χ1) is 8.69. The van der Waals surface area contributed by atoms with Gasteiger partial charge in [0.25, 0.3) is 0 Å². The highest BCUT2D eigenvalue weighted by atomic mass is 19.1. The van der Waals surface area contributed by atoms with Crippen molar-refractivity contribution in [2.24, 2.45) is 11.7 Å². The Balaban J connectivity index is 2.15. The zero-order valence-corrected chi connectivity index (χ0v) is 11.1. The van der Waals surface area contributed by atoms with E-state index in [1.54, 1.807) is 12.1 Å². The van der Waals surface area contributed by atoms with Gasteiger partial charge in [-0.25, -0.2) is 4.39 Å². The minimum Gasteiger partial charge on any atom is -0.376 e. The molecular weight excluding hydrogens is 227 g/mol. The van der Waals surface area contributed by atoms with Crippen molar-refractivity contribution in [1.29, 1.82) is 0 Å². The highest BCUT2D eigenvalue weighted by molar-refractivity contribution is 5.47. The number of para-hydroxylation sites is 1. The molecule has 2 rings (SSSR count). The lowest BCUT2D eigenvalue weighted by atomic mass is 9.74. The van der Waals surface area contributed by atoms with E-state index in [1.165, 1.54) is 25.3 Å². The van der Waals surface area contributed by atoms with Crippen LogP contribution >= 0.6 is 0 Å². The van der Waals surface area contributed by atoms with Crippen LogP contribution in [0.3, 0.4) is 0 Å². The van der Waals surface area contributed by atoms with Crippen molar-refractivity contribution in [2.75, 3.05) is 11.9 Å². The summed E-state index contributed by atoms with van der Waals surface area (Å²) in [5.74, 6) is 0.519. The van der Waals surface area contributed by atoms with E-state index in [9.17, 15) is 4.39 Å². The van der Waals surface area contributed by atoms with Gasteiger partial charge < -0.3 is 11.1 Å². The van der Waals surface area contributed by atoms with Crippen LogP contribution in [0.1, 0.15) is 39.0 Å². The van der Waals surface area contributed by atoms with Crippen molar-refractivity contribution in [3.8, 4) is 0 Å². The van der Waals surface area contributed by atoms with Crippen molar-refractivity contribution < 1.29 is 4.39 Å². The van der Waals surface area contributed by atoms with Gasteiger partial charge in [0.15, 0.2) is 0 Å². The van der Waals surface area contributed by atoms with E-state index in [4.69, 9.17) is 5.73 Å². The van der Waals surface area contributed by atoms with Gasteiger partial charge in [0.1, 0.15) is 5.82 Å². The average Bonchev–Trinajstić information content (AvgIpc) is 2.42. The summed E-state index contributed by atoms with van der Waals surface area (Å²) < 4.78 is 13.7. The van der Waals surface area contributed by atoms with E-state index in [2.05, 4.69) is 12.2 Å². The summed E-state index contributed by atoms with van der Waals surface area (Å²) in [5.41, 5.74) is 6.43. The average molecular weight is 250 g/mol. The molecule has 1 aliphatic carbocycles. The largest absolute Gasteiger partial charge is 0.376 e. The van der Waals surface area contributed by atoms with Crippen LogP contribution in [0, 0.1) is 11.7 Å². The predicted octanol–water partition coefficient (Wildman–Crippen LogP) is 3.54. The van der Waals surface area contributed by atoms with Crippen LogP contribution in [0.5, 0.6) is 0 Å². The minimum atomic E-state index is -0.191. The lowest BCUT2D eigenvalue weighted by Gasteiger charge is -2.41. The van der Waals surface area contributed by atoms with E-state index in [-0.39, 0.29) is 11.4 Å². The Morgan fingerprint density at radius 1 is 1.44 bits per heavy atom. The molecule has 0 heterocycles. The van der Waals surface area contributed by atoms with Crippen molar-refractivity contribution in [3.63, 3.8) is 0 Å². The van der Waals surface area contributed by atoms with Crippen LogP contribution in [-0.4, -0.2) is 12.1 Å². The molecule has 0 amide bonds. The maximum absolute atomic E-state index is 13.7. The molecule has 100 valence electrons. The Labute approximate surface area is 109 Å². The number of anilines is 1. The predicted molar refractivity (Wildman–Crippen MR) is 74.1 cm³/mol. The molecule has 1 aromatic rings. The quantitative estimate of drug-likeness (QED) is 0.857. The van der Waals surface area contributed by atoms with Gasteiger partial charge in [-0.3, -0.25) is 0 Å². The van der Waals surface area contributed by atoms with E-state index in [0.29, 0.717) is 18.2 Å². The first-order valence-corrected chi connectivity index (χ1v) is 6.92. The van der Waals surface area contributed by atoms with Gasteiger partial charge in [-0.15, -0.1) is 0 Å². The lowest BCUT2D eigenvalue weighted by molar-refractivity contribution is 0.244. The Morgan fingerprint density at radius 2 is 2.22 bits per heavy atom. The summed E-state index contributed by atoms with van der Waals surface area (Å²) in [4.78, 5) is 0. The third-order valence-electron chi connectivity index (χ3n) is 4.19. The summed E-state index contributed by atoms with van der Waals surface area (Å²) in [6.45, 7) is 2.79. The van der Waals surface area contributed by atoms with Crippen LogP contribution in [0.4, 0.5) is 10.1 Å². The SMILES string of the molecule is CCC1CCCC(CN)(Nc2ccccc2F)C1. The Hall–Kier alpha value is -1.09. The van der Waals surface area contributed by atoms with Crippen molar-refractivity contribution in [1.82, 2.24) is 0 Å². The molecule has 0 saturated heterocycles. The number of benzene rings is 1. The Bertz CT molecular complexity index is 394. The number of nitrogens with two attached hydrogens (primary N) is 1. The molecular formula is C15H23FN2. The van der Waals surface area contributed by atoms with Gasteiger partial charge in [-0.2, -0.15) is 0 Å². The maximum Gasteiger partial charge on any atom is 0.146 e. The molecule has 18 heavy (non-hydrogen) atoms. The van der Waals surface area contributed by atoms with E-state index in [0.717, 1.165) is 12.8 Å². The molecule has 1 saturated carbocycles. The van der Waals surface area contributed by atoms with Crippen molar-refractivity contribution in [3.05, 3.63) is 30.1 Å². The van der Waals surface area contributed by atoms with Gasteiger partial charge >= 0.3 is 0 Å². The first kappa shape index (κ1) is 13.3. The number of hydrogen-bond acceptors (Lipinski definition) is 2. The molecule has 1 fully saturated rings. The van der Waals surface area contributed by atoms with Gasteiger partial charge in [0.2, 0.25) is 0 Å². The zero-order chi connectivity index (χ0) is 13.0. The van der Waals surface area contributed by atoms with Crippen LogP contribution in [0.15, 0.2) is 24.3 Å². The standard InChI is InChI=1S/C15H23FN2/c1-2-12-6-5-9-15(10-12,11-17)18-14-8-4-3-7-13(14)16/h3-4,7-8,12,18H,2,5-6,9-11,17H2,1H3. The fraction of sp³-hybridized carbons (Fsp3) is 0.600. The Morgan fingerprint density at radius 3 is 2.89 bits per heavy atom. The molecule has 1 aromatic carbocycles. The zero-order valence-electron chi connectivity index (χ0n) is 11.1. The maximum atomic E-state index is 13.7. The summed E-state index contributed by atoms with van der Waals surface area (Å²) in [6, 6.07) is 6.86. The Kier molecular flexibility index (Phi) is 4.23. The van der Waals surface area contributed by atoms with E-state index < -0.39 is 0 Å². The van der Waals surface area contributed by atoms with Gasteiger partial charge in [-0.1, -0.05) is 38.3 Å². The second kappa shape index (κ2) is 5.70. The molecule has 2 atom stereocenters. The minimum absolute atomic E-state index is 0.124. The summed E-state index contributed by atoms with van der Waals surface area (Å²) in [7, 11) is 0. The van der Waals surface area contributed by atoms with Crippen molar-refractivity contribution >= 4 is 5.69 Å². The van der Waals surface area contributed by atoms with Crippen molar-refractivity contribution in [2.45, 2.75) is 44.6 Å². The number of hydrogen-bond donors (Lipinski definition) is 2. The number of halogens is 1. The highest BCUT2D eigenvalue weighted by Gasteiger charge is 2.34. The third-order valence-corrected chi connectivity index (χ3v) is 4.19. The molecule has 0 spiro atoms. The summed E-state index contributed by atoms with van der Waals surface area (Å²) in [5, 5.41) is 3.38. The normalized spacial score (nSPS) is 28.1. The molecule has 2 unspecified atom stereocenters. The monoisotopic (exact) mass is 250 g/mol. The van der Waals surface area contributed by atoms with Gasteiger partial charge in [-0.05, 0) is 30.9 Å². The fourth-order valence-corrected chi connectivity index (χ4v) is 3.03. The topological polar surface area (TPSA) is 38.0 Å². The second-order valence-corrected chi connectivity index (χ2v) is 5.46. The molecule has 0 aliphatic heterocycles. The van der Waals surface area contributed by atoms with Crippen LogP contribution in [0.2, 0.25) is 0 Å². The molecule has 3 N–H and O–H groups in total. The highest BCUT2D eigenvalue weighted by Crippen LogP contribution is 2.36. The molecule has 0 radical (unpaired) electrons. The molecule has 1 aliphatic rings. The van der Waals surface area contributed by atoms with Gasteiger partial charge in [0.05, 0.1) is 5.69 Å². The number of rotatable bonds is 4. The van der Waals surface area contributed by atoms with Crippen LogP contribution < -0.4 is 11.1 Å². The molecule has 0 aromatic heterocycles. The molecule has 0 bridgehead atoms. The number of nitrogens with one attached hydrogen (secondary N) is 1. The lowest BCUT2D eigenvalue weighted by Crippen LogP contribution is -2.49. The third kappa shape index (κ3) is 2.83. The smallest absolute Gasteiger partial charge is 0.146 e. The summed E-state index contributed by atoms with van der Waals surface area (Å²) >= 11 is 0. The second-order valence-electron chi connectivity index (χ2n) is 5.46. The molecule has 2 nitrogen and oxygen atoms in total. The van der Waals surface area contributed by atoms with Crippen LogP contribution in [-0.2, 0) is 0 Å². The van der Waals surface area contributed by atoms with E-state index >= 15 is 0 Å². The molecule has 3 heteroatoms. The van der Waals surface area contributed by atoms with Crippen LogP contribution in [0.25, 0.3) is 0 Å². The van der Waals surface area contributed by atoms with Gasteiger partial charge in [0, 0.05) is 12.1 Å². The van der Waals surface area contributed by atoms with E-state index in [1.807, 2.05) is 6.07 Å². The first-order valence-electron chi connectivity index (χ1n) is 6.92. The summed E-state index contributed by atoms with van der Waals surface area (Å²) in [6.07, 6.45) is 5.72. The fourth-order valence-electron chi connectivity index (χ4n) is 3.03.